The number of aryl methyl sites for hydroxylation is 1. The maximum absolute atomic E-state index is 13.5. The second kappa shape index (κ2) is 5.03. The van der Waals surface area contributed by atoms with Crippen LogP contribution in [0, 0.1) is 12.7 Å². The first-order valence-corrected chi connectivity index (χ1v) is 6.48. The van der Waals surface area contributed by atoms with Crippen LogP contribution in [0.5, 0.6) is 0 Å². The lowest BCUT2D eigenvalue weighted by Gasteiger charge is -2.09. The molecule has 4 nitrogen and oxygen atoms in total. The van der Waals surface area contributed by atoms with E-state index in [0.29, 0.717) is 5.56 Å². The Balaban J connectivity index is 3.15. The minimum Gasteiger partial charge on any atom is -0.398 e. The SMILES string of the molecule is C=C(Cl)CNS(=O)(=O)c1cc(N)c(C)cc1F. The van der Waals surface area contributed by atoms with Crippen LogP contribution in [0.1, 0.15) is 5.56 Å². The van der Waals surface area contributed by atoms with Crippen molar-refractivity contribution >= 4 is 27.3 Å². The molecule has 1 aromatic rings. The molecule has 0 heterocycles. The zero-order valence-corrected chi connectivity index (χ0v) is 10.7. The lowest BCUT2D eigenvalue weighted by atomic mass is 10.2. The number of anilines is 1. The van der Waals surface area contributed by atoms with E-state index < -0.39 is 20.7 Å². The number of nitrogens with one attached hydrogen (secondary N) is 1. The van der Waals surface area contributed by atoms with Gasteiger partial charge in [-0.05, 0) is 24.6 Å². The monoisotopic (exact) mass is 278 g/mol. The summed E-state index contributed by atoms with van der Waals surface area (Å²) in [5, 5.41) is 0.106. The van der Waals surface area contributed by atoms with Gasteiger partial charge >= 0.3 is 0 Å². The molecule has 0 atom stereocenters. The molecule has 0 radical (unpaired) electrons. The van der Waals surface area contributed by atoms with Crippen molar-refractivity contribution in [3.8, 4) is 0 Å². The quantitative estimate of drug-likeness (QED) is 0.824. The highest BCUT2D eigenvalue weighted by atomic mass is 35.5. The van der Waals surface area contributed by atoms with E-state index in [2.05, 4.69) is 11.3 Å². The van der Waals surface area contributed by atoms with Crippen LogP contribution >= 0.6 is 11.6 Å². The third-order valence-corrected chi connectivity index (χ3v) is 3.61. The van der Waals surface area contributed by atoms with Gasteiger partial charge in [0.05, 0.1) is 0 Å². The van der Waals surface area contributed by atoms with Crippen molar-refractivity contribution in [3.05, 3.63) is 35.1 Å². The van der Waals surface area contributed by atoms with Crippen molar-refractivity contribution in [2.75, 3.05) is 12.3 Å². The minimum absolute atomic E-state index is 0.106. The molecule has 0 aliphatic heterocycles. The van der Waals surface area contributed by atoms with Crippen LogP contribution < -0.4 is 10.5 Å². The summed E-state index contributed by atoms with van der Waals surface area (Å²) in [6.45, 7) is 4.74. The zero-order valence-electron chi connectivity index (χ0n) is 9.13. The molecule has 7 heteroatoms. The molecule has 3 N–H and O–H groups in total. The van der Waals surface area contributed by atoms with Crippen molar-refractivity contribution < 1.29 is 12.8 Å². The third kappa shape index (κ3) is 3.42. The summed E-state index contributed by atoms with van der Waals surface area (Å²) in [6, 6.07) is 2.14. The second-order valence-corrected chi connectivity index (χ2v) is 5.75. The zero-order chi connectivity index (χ0) is 13.2. The molecular weight excluding hydrogens is 267 g/mol. The molecular formula is C10H12ClFN2O2S. The van der Waals surface area contributed by atoms with Crippen LogP contribution in [-0.4, -0.2) is 15.0 Å². The highest BCUT2D eigenvalue weighted by molar-refractivity contribution is 7.89. The average molecular weight is 279 g/mol. The van der Waals surface area contributed by atoms with Gasteiger partial charge in [-0.3, -0.25) is 0 Å². The molecule has 0 saturated heterocycles. The van der Waals surface area contributed by atoms with Crippen molar-refractivity contribution in [2.45, 2.75) is 11.8 Å². The first-order chi connectivity index (χ1) is 7.74. The molecule has 1 aromatic carbocycles. The molecule has 1 rings (SSSR count). The first-order valence-electron chi connectivity index (χ1n) is 4.62. The lowest BCUT2D eigenvalue weighted by molar-refractivity contribution is 0.559. The van der Waals surface area contributed by atoms with E-state index in [4.69, 9.17) is 17.3 Å². The number of nitrogen functional groups attached to an aromatic ring is 1. The van der Waals surface area contributed by atoms with Gasteiger partial charge in [-0.25, -0.2) is 17.5 Å². The molecule has 0 amide bonds. The summed E-state index contributed by atoms with van der Waals surface area (Å²) < 4.78 is 39.1. The van der Waals surface area contributed by atoms with Crippen molar-refractivity contribution in [3.63, 3.8) is 0 Å². The van der Waals surface area contributed by atoms with Crippen molar-refractivity contribution in [1.82, 2.24) is 4.72 Å². The minimum atomic E-state index is -3.98. The maximum atomic E-state index is 13.5. The highest BCUT2D eigenvalue weighted by Crippen LogP contribution is 2.21. The van der Waals surface area contributed by atoms with Gasteiger partial charge in [0, 0.05) is 17.3 Å². The van der Waals surface area contributed by atoms with E-state index in [-0.39, 0.29) is 17.3 Å². The fraction of sp³-hybridized carbons (Fsp3) is 0.200. The number of sulfonamides is 1. The number of halogens is 2. The number of nitrogens with two attached hydrogens (primary N) is 1. The summed E-state index contributed by atoms with van der Waals surface area (Å²) in [6.07, 6.45) is 0. The van der Waals surface area contributed by atoms with Gasteiger partial charge in [-0.1, -0.05) is 18.2 Å². The predicted molar refractivity (Wildman–Crippen MR) is 65.7 cm³/mol. The third-order valence-electron chi connectivity index (χ3n) is 2.06. The Morgan fingerprint density at radius 2 is 2.18 bits per heavy atom. The Kier molecular flexibility index (Phi) is 4.13. The predicted octanol–water partition coefficient (Wildman–Crippen LogP) is 1.75. The highest BCUT2D eigenvalue weighted by Gasteiger charge is 2.20. The Labute approximate surface area is 104 Å². The van der Waals surface area contributed by atoms with Crippen LogP contribution in [-0.2, 0) is 10.0 Å². The molecule has 94 valence electrons. The smallest absolute Gasteiger partial charge is 0.243 e. The summed E-state index contributed by atoms with van der Waals surface area (Å²) in [5.41, 5.74) is 6.22. The molecule has 0 unspecified atom stereocenters. The number of rotatable bonds is 4. The molecule has 0 fully saturated rings. The molecule has 0 saturated carbocycles. The molecule has 0 aliphatic carbocycles. The Morgan fingerprint density at radius 3 is 2.71 bits per heavy atom. The van der Waals surface area contributed by atoms with Crippen LogP contribution in [0.4, 0.5) is 10.1 Å². The first kappa shape index (κ1) is 14.0. The van der Waals surface area contributed by atoms with Gasteiger partial charge in [-0.15, -0.1) is 0 Å². The van der Waals surface area contributed by atoms with Crippen LogP contribution in [0.2, 0.25) is 0 Å². The largest absolute Gasteiger partial charge is 0.398 e. The Hall–Kier alpha value is -1.11. The van der Waals surface area contributed by atoms with E-state index >= 15 is 0 Å². The summed E-state index contributed by atoms with van der Waals surface area (Å²) >= 11 is 5.43. The van der Waals surface area contributed by atoms with Crippen molar-refractivity contribution in [1.29, 1.82) is 0 Å². The summed E-state index contributed by atoms with van der Waals surface area (Å²) in [4.78, 5) is -0.501. The van der Waals surface area contributed by atoms with E-state index in [1.807, 2.05) is 0 Å². The van der Waals surface area contributed by atoms with Gasteiger partial charge in [0.1, 0.15) is 10.7 Å². The summed E-state index contributed by atoms with van der Waals surface area (Å²) in [5.74, 6) is -0.857. The van der Waals surface area contributed by atoms with E-state index in [9.17, 15) is 12.8 Å². The van der Waals surface area contributed by atoms with E-state index in [1.165, 1.54) is 0 Å². The fourth-order valence-corrected chi connectivity index (χ4v) is 2.39. The molecule has 0 aromatic heterocycles. The van der Waals surface area contributed by atoms with Gasteiger partial charge in [0.15, 0.2) is 0 Å². The molecule has 0 bridgehead atoms. The van der Waals surface area contributed by atoms with Gasteiger partial charge < -0.3 is 5.73 Å². The maximum Gasteiger partial charge on any atom is 0.243 e. The molecule has 0 spiro atoms. The van der Waals surface area contributed by atoms with E-state index in [0.717, 1.165) is 12.1 Å². The van der Waals surface area contributed by atoms with Crippen LogP contribution in [0.25, 0.3) is 0 Å². The second-order valence-electron chi connectivity index (χ2n) is 3.48. The lowest BCUT2D eigenvalue weighted by Crippen LogP contribution is -2.26. The Morgan fingerprint density at radius 1 is 1.59 bits per heavy atom. The van der Waals surface area contributed by atoms with Crippen LogP contribution in [0.15, 0.2) is 28.6 Å². The van der Waals surface area contributed by atoms with Gasteiger partial charge in [-0.2, -0.15) is 0 Å². The Bertz CT molecular complexity index is 558. The topological polar surface area (TPSA) is 72.2 Å². The normalized spacial score (nSPS) is 11.5. The fourth-order valence-electron chi connectivity index (χ4n) is 1.13. The average Bonchev–Trinajstić information content (AvgIpc) is 2.20. The van der Waals surface area contributed by atoms with Crippen LogP contribution in [0.3, 0.4) is 0 Å². The number of hydrogen-bond acceptors (Lipinski definition) is 3. The molecule has 17 heavy (non-hydrogen) atoms. The molecule has 0 aliphatic rings. The van der Waals surface area contributed by atoms with Crippen molar-refractivity contribution in [2.24, 2.45) is 0 Å². The number of hydrogen-bond donors (Lipinski definition) is 2. The van der Waals surface area contributed by atoms with Gasteiger partial charge in [0.2, 0.25) is 10.0 Å². The number of benzene rings is 1. The summed E-state index contributed by atoms with van der Waals surface area (Å²) in [7, 11) is -3.98. The standard InChI is InChI=1S/C10H12ClFN2O2S/c1-6-3-8(12)10(4-9(6)13)17(15,16)14-5-7(2)11/h3-4,14H,2,5,13H2,1H3. The van der Waals surface area contributed by atoms with E-state index in [1.54, 1.807) is 6.92 Å². The van der Waals surface area contributed by atoms with Gasteiger partial charge in [0.25, 0.3) is 0 Å².